The van der Waals surface area contributed by atoms with Gasteiger partial charge >= 0.3 is 0 Å². The van der Waals surface area contributed by atoms with E-state index >= 15 is 0 Å². The Balaban J connectivity index is 2.94. The molecule has 0 N–H and O–H groups in total. The summed E-state index contributed by atoms with van der Waals surface area (Å²) in [6.07, 6.45) is -1.71. The minimum Gasteiger partial charge on any atom is -0.343 e. The SMILES string of the molecule is C=CS(=O)(=O)CC1OC(C)(C)OC1CS(=O)(=O)C=C. The molecule has 2 unspecified atom stereocenters. The second-order valence-electron chi connectivity index (χ2n) is 4.70. The minimum absolute atomic E-state index is 0.364. The molecule has 2 atom stereocenters. The summed E-state index contributed by atoms with van der Waals surface area (Å²) in [5, 5.41) is 1.64. The molecule has 19 heavy (non-hydrogen) atoms. The van der Waals surface area contributed by atoms with E-state index in [-0.39, 0.29) is 11.5 Å². The van der Waals surface area contributed by atoms with Crippen LogP contribution in [0.4, 0.5) is 0 Å². The summed E-state index contributed by atoms with van der Waals surface area (Å²) < 4.78 is 57.0. The summed E-state index contributed by atoms with van der Waals surface area (Å²) in [7, 11) is -7.02. The van der Waals surface area contributed by atoms with Crippen LogP contribution in [0.25, 0.3) is 0 Å². The molecule has 0 aliphatic carbocycles. The van der Waals surface area contributed by atoms with Crippen molar-refractivity contribution >= 4 is 19.7 Å². The third-order valence-electron chi connectivity index (χ3n) is 2.59. The van der Waals surface area contributed by atoms with E-state index in [4.69, 9.17) is 9.47 Å². The molecule has 0 amide bonds. The normalized spacial score (nSPS) is 27.1. The molecular weight excluding hydrogens is 292 g/mol. The maximum Gasteiger partial charge on any atom is 0.173 e. The maximum atomic E-state index is 11.5. The molecule has 1 fully saturated rings. The summed E-state index contributed by atoms with van der Waals surface area (Å²) >= 11 is 0. The zero-order chi connectivity index (χ0) is 14.9. The third-order valence-corrected chi connectivity index (χ3v) is 5.19. The van der Waals surface area contributed by atoms with E-state index in [1.54, 1.807) is 13.8 Å². The average Bonchev–Trinajstić information content (AvgIpc) is 2.52. The maximum absolute atomic E-state index is 11.5. The Morgan fingerprint density at radius 2 is 1.26 bits per heavy atom. The van der Waals surface area contributed by atoms with Gasteiger partial charge < -0.3 is 9.47 Å². The monoisotopic (exact) mass is 310 g/mol. The first-order valence-electron chi connectivity index (χ1n) is 5.56. The van der Waals surface area contributed by atoms with Crippen molar-refractivity contribution in [2.75, 3.05) is 11.5 Å². The van der Waals surface area contributed by atoms with Gasteiger partial charge in [0.2, 0.25) is 0 Å². The topological polar surface area (TPSA) is 86.7 Å². The Kier molecular flexibility index (Phi) is 4.61. The Morgan fingerprint density at radius 1 is 0.947 bits per heavy atom. The lowest BCUT2D eigenvalue weighted by molar-refractivity contribution is -0.142. The zero-order valence-electron chi connectivity index (χ0n) is 10.9. The van der Waals surface area contributed by atoms with Crippen LogP contribution in [0.1, 0.15) is 13.8 Å². The molecule has 0 aromatic rings. The minimum atomic E-state index is -3.51. The van der Waals surface area contributed by atoms with E-state index in [1.807, 2.05) is 0 Å². The second kappa shape index (κ2) is 5.35. The number of hydrogen-bond donors (Lipinski definition) is 0. The standard InChI is InChI=1S/C11H18O6S2/c1-5-18(12,13)7-9-10(8-19(14,15)6-2)17-11(3,4)16-9/h5-6,9-10H,1-2,7-8H2,3-4H3. The lowest BCUT2D eigenvalue weighted by Crippen LogP contribution is -2.34. The van der Waals surface area contributed by atoms with Crippen LogP contribution in [-0.4, -0.2) is 46.3 Å². The molecule has 110 valence electrons. The van der Waals surface area contributed by atoms with E-state index in [0.29, 0.717) is 0 Å². The van der Waals surface area contributed by atoms with E-state index < -0.39 is 37.7 Å². The fourth-order valence-corrected chi connectivity index (χ4v) is 3.54. The molecule has 6 nitrogen and oxygen atoms in total. The molecule has 0 saturated carbocycles. The molecule has 0 bridgehead atoms. The van der Waals surface area contributed by atoms with E-state index in [1.165, 1.54) is 0 Å². The van der Waals surface area contributed by atoms with Crippen molar-refractivity contribution in [2.24, 2.45) is 0 Å². The molecular formula is C11H18O6S2. The van der Waals surface area contributed by atoms with Crippen LogP contribution in [-0.2, 0) is 29.1 Å². The van der Waals surface area contributed by atoms with Crippen LogP contribution in [0.3, 0.4) is 0 Å². The van der Waals surface area contributed by atoms with Crippen LogP contribution in [0.15, 0.2) is 24.0 Å². The van der Waals surface area contributed by atoms with Gasteiger partial charge in [0.25, 0.3) is 0 Å². The van der Waals surface area contributed by atoms with Gasteiger partial charge in [-0.2, -0.15) is 0 Å². The summed E-state index contributed by atoms with van der Waals surface area (Å²) in [4.78, 5) is 0. The molecule has 1 saturated heterocycles. The van der Waals surface area contributed by atoms with Crippen molar-refractivity contribution < 1.29 is 26.3 Å². The van der Waals surface area contributed by atoms with E-state index in [2.05, 4.69) is 13.2 Å². The third kappa shape index (κ3) is 4.72. The first-order valence-corrected chi connectivity index (χ1v) is 8.99. The Hall–Kier alpha value is -0.700. The lowest BCUT2D eigenvalue weighted by atomic mass is 10.3. The Labute approximate surface area is 113 Å². The zero-order valence-corrected chi connectivity index (χ0v) is 12.5. The van der Waals surface area contributed by atoms with Crippen LogP contribution >= 0.6 is 0 Å². The fraction of sp³-hybridized carbons (Fsp3) is 0.636. The molecule has 0 aromatic heterocycles. The molecule has 1 heterocycles. The van der Waals surface area contributed by atoms with E-state index in [9.17, 15) is 16.8 Å². The van der Waals surface area contributed by atoms with E-state index in [0.717, 1.165) is 10.8 Å². The highest BCUT2D eigenvalue weighted by Crippen LogP contribution is 2.30. The molecule has 0 aromatic carbocycles. The van der Waals surface area contributed by atoms with Crippen LogP contribution in [0, 0.1) is 0 Å². The van der Waals surface area contributed by atoms with Gasteiger partial charge in [-0.15, -0.1) is 0 Å². The average molecular weight is 310 g/mol. The Bertz CT molecular complexity index is 508. The van der Waals surface area contributed by atoms with Crippen molar-refractivity contribution in [3.05, 3.63) is 24.0 Å². The van der Waals surface area contributed by atoms with Crippen molar-refractivity contribution in [1.82, 2.24) is 0 Å². The van der Waals surface area contributed by atoms with Gasteiger partial charge in [-0.3, -0.25) is 0 Å². The number of rotatable bonds is 6. The summed E-state index contributed by atoms with van der Waals surface area (Å²) in [6.45, 7) is 9.61. The molecule has 8 heteroatoms. The lowest BCUT2D eigenvalue weighted by Gasteiger charge is -2.16. The Morgan fingerprint density at radius 3 is 1.53 bits per heavy atom. The van der Waals surface area contributed by atoms with Crippen molar-refractivity contribution in [2.45, 2.75) is 31.8 Å². The molecule has 0 spiro atoms. The molecule has 1 aliphatic heterocycles. The predicted molar refractivity (Wildman–Crippen MR) is 71.8 cm³/mol. The summed E-state index contributed by atoms with van der Waals surface area (Å²) in [6, 6.07) is 0. The molecule has 1 rings (SSSR count). The molecule has 1 aliphatic rings. The highest BCUT2D eigenvalue weighted by molar-refractivity contribution is 7.94. The number of hydrogen-bond acceptors (Lipinski definition) is 6. The predicted octanol–water partition coefficient (Wildman–Crippen LogP) is 0.623. The van der Waals surface area contributed by atoms with Gasteiger partial charge in [0.15, 0.2) is 25.5 Å². The van der Waals surface area contributed by atoms with Gasteiger partial charge in [-0.1, -0.05) is 13.2 Å². The van der Waals surface area contributed by atoms with Gasteiger partial charge in [0.05, 0.1) is 11.5 Å². The van der Waals surface area contributed by atoms with Crippen LogP contribution in [0.5, 0.6) is 0 Å². The van der Waals surface area contributed by atoms with Crippen LogP contribution in [0.2, 0.25) is 0 Å². The summed E-state index contributed by atoms with van der Waals surface area (Å²) in [5.41, 5.74) is 0. The van der Waals surface area contributed by atoms with Gasteiger partial charge in [0.1, 0.15) is 12.2 Å². The largest absolute Gasteiger partial charge is 0.343 e. The van der Waals surface area contributed by atoms with Gasteiger partial charge in [0, 0.05) is 10.8 Å². The fourth-order valence-electron chi connectivity index (χ4n) is 1.79. The first-order chi connectivity index (χ1) is 8.50. The quantitative estimate of drug-likeness (QED) is 0.715. The molecule has 0 radical (unpaired) electrons. The smallest absolute Gasteiger partial charge is 0.173 e. The highest BCUT2D eigenvalue weighted by atomic mass is 32.2. The van der Waals surface area contributed by atoms with Crippen molar-refractivity contribution in [1.29, 1.82) is 0 Å². The van der Waals surface area contributed by atoms with Gasteiger partial charge in [-0.25, -0.2) is 16.8 Å². The summed E-state index contributed by atoms with van der Waals surface area (Å²) in [5.74, 6) is -1.75. The van der Waals surface area contributed by atoms with Crippen molar-refractivity contribution in [3.63, 3.8) is 0 Å². The van der Waals surface area contributed by atoms with Gasteiger partial charge in [-0.05, 0) is 13.8 Å². The second-order valence-corrected chi connectivity index (χ2v) is 8.69. The highest BCUT2D eigenvalue weighted by Gasteiger charge is 2.44. The number of sulfone groups is 2. The van der Waals surface area contributed by atoms with Crippen LogP contribution < -0.4 is 0 Å². The first kappa shape index (κ1) is 16.4. The van der Waals surface area contributed by atoms with Crippen molar-refractivity contribution in [3.8, 4) is 0 Å². The number of ether oxygens (including phenoxy) is 2.